The summed E-state index contributed by atoms with van der Waals surface area (Å²) in [7, 11) is 1.71. The maximum absolute atomic E-state index is 5.92. The van der Waals surface area contributed by atoms with E-state index in [1.54, 1.807) is 7.11 Å². The minimum atomic E-state index is 0.648. The SMILES string of the molecule is COCCc1ccc(Oc2ccc(I)cc2N)cc1. The molecule has 0 amide bonds. The summed E-state index contributed by atoms with van der Waals surface area (Å²) in [6.45, 7) is 0.726. The predicted molar refractivity (Wildman–Crippen MR) is 85.7 cm³/mol. The Kier molecular flexibility index (Phi) is 5.04. The largest absolute Gasteiger partial charge is 0.455 e. The van der Waals surface area contributed by atoms with Gasteiger partial charge in [0, 0.05) is 10.7 Å². The second kappa shape index (κ2) is 6.77. The summed E-state index contributed by atoms with van der Waals surface area (Å²) in [6.07, 6.45) is 0.905. The minimum Gasteiger partial charge on any atom is -0.455 e. The van der Waals surface area contributed by atoms with Crippen LogP contribution < -0.4 is 10.5 Å². The first-order valence-electron chi connectivity index (χ1n) is 6.00. The standard InChI is InChI=1S/C15H16INO2/c1-18-9-8-11-2-5-13(6-3-11)19-15-7-4-12(16)10-14(15)17/h2-7,10H,8-9,17H2,1H3. The molecule has 2 N–H and O–H groups in total. The first-order chi connectivity index (χ1) is 9.19. The van der Waals surface area contributed by atoms with Crippen LogP contribution in [0, 0.1) is 3.57 Å². The van der Waals surface area contributed by atoms with Crippen LogP contribution in [0.5, 0.6) is 11.5 Å². The molecule has 0 saturated heterocycles. The lowest BCUT2D eigenvalue weighted by Gasteiger charge is -2.09. The molecule has 4 heteroatoms. The van der Waals surface area contributed by atoms with E-state index in [1.807, 2.05) is 42.5 Å². The van der Waals surface area contributed by atoms with Crippen LogP contribution in [0.1, 0.15) is 5.56 Å². The molecule has 0 aliphatic heterocycles. The molecule has 0 aromatic heterocycles. The minimum absolute atomic E-state index is 0.648. The van der Waals surface area contributed by atoms with E-state index in [4.69, 9.17) is 15.2 Å². The summed E-state index contributed by atoms with van der Waals surface area (Å²) in [5, 5.41) is 0. The van der Waals surface area contributed by atoms with Gasteiger partial charge in [0.25, 0.3) is 0 Å². The van der Waals surface area contributed by atoms with Crippen molar-refractivity contribution in [1.82, 2.24) is 0 Å². The number of hydrogen-bond acceptors (Lipinski definition) is 3. The number of methoxy groups -OCH3 is 1. The fourth-order valence-corrected chi connectivity index (χ4v) is 2.20. The molecule has 0 heterocycles. The van der Waals surface area contributed by atoms with Crippen LogP contribution in [0.2, 0.25) is 0 Å². The average molecular weight is 369 g/mol. The van der Waals surface area contributed by atoms with Crippen LogP contribution in [0.25, 0.3) is 0 Å². The zero-order chi connectivity index (χ0) is 13.7. The normalized spacial score (nSPS) is 10.4. The van der Waals surface area contributed by atoms with Crippen molar-refractivity contribution in [3.63, 3.8) is 0 Å². The number of halogens is 1. The number of ether oxygens (including phenoxy) is 2. The topological polar surface area (TPSA) is 44.5 Å². The highest BCUT2D eigenvalue weighted by Gasteiger charge is 2.03. The van der Waals surface area contributed by atoms with Crippen molar-refractivity contribution >= 4 is 28.3 Å². The van der Waals surface area contributed by atoms with E-state index in [2.05, 4.69) is 22.6 Å². The highest BCUT2D eigenvalue weighted by atomic mass is 127. The maximum Gasteiger partial charge on any atom is 0.150 e. The Balaban J connectivity index is 2.06. The average Bonchev–Trinajstić information content (AvgIpc) is 2.41. The van der Waals surface area contributed by atoms with E-state index in [0.29, 0.717) is 11.4 Å². The summed E-state index contributed by atoms with van der Waals surface area (Å²) in [5.41, 5.74) is 7.79. The molecular weight excluding hydrogens is 353 g/mol. The maximum atomic E-state index is 5.92. The summed E-state index contributed by atoms with van der Waals surface area (Å²) in [5.74, 6) is 1.47. The van der Waals surface area contributed by atoms with Gasteiger partial charge in [-0.15, -0.1) is 0 Å². The molecule has 0 spiro atoms. The number of hydrogen-bond donors (Lipinski definition) is 1. The van der Waals surface area contributed by atoms with Gasteiger partial charge in [-0.2, -0.15) is 0 Å². The van der Waals surface area contributed by atoms with Gasteiger partial charge < -0.3 is 15.2 Å². The van der Waals surface area contributed by atoms with Crippen LogP contribution in [-0.2, 0) is 11.2 Å². The molecule has 0 aliphatic rings. The summed E-state index contributed by atoms with van der Waals surface area (Å²) < 4.78 is 11.9. The Morgan fingerprint density at radius 2 is 1.84 bits per heavy atom. The Labute approximate surface area is 126 Å². The molecule has 0 atom stereocenters. The van der Waals surface area contributed by atoms with Crippen molar-refractivity contribution in [2.45, 2.75) is 6.42 Å². The lowest BCUT2D eigenvalue weighted by Crippen LogP contribution is -1.95. The van der Waals surface area contributed by atoms with Gasteiger partial charge >= 0.3 is 0 Å². The zero-order valence-corrected chi connectivity index (χ0v) is 12.9. The smallest absolute Gasteiger partial charge is 0.150 e. The summed E-state index contributed by atoms with van der Waals surface area (Å²) in [6, 6.07) is 13.7. The van der Waals surface area contributed by atoms with Crippen molar-refractivity contribution in [3.05, 3.63) is 51.6 Å². The zero-order valence-electron chi connectivity index (χ0n) is 10.7. The molecule has 0 radical (unpaired) electrons. The van der Waals surface area contributed by atoms with Crippen molar-refractivity contribution in [3.8, 4) is 11.5 Å². The monoisotopic (exact) mass is 369 g/mol. The van der Waals surface area contributed by atoms with E-state index < -0.39 is 0 Å². The molecule has 100 valence electrons. The fraction of sp³-hybridized carbons (Fsp3) is 0.200. The van der Waals surface area contributed by atoms with Crippen molar-refractivity contribution < 1.29 is 9.47 Å². The van der Waals surface area contributed by atoms with E-state index in [0.717, 1.165) is 22.3 Å². The second-order valence-electron chi connectivity index (χ2n) is 4.17. The van der Waals surface area contributed by atoms with Gasteiger partial charge in [0.2, 0.25) is 0 Å². The number of nitrogen functional groups attached to an aromatic ring is 1. The molecule has 0 aliphatic carbocycles. The van der Waals surface area contributed by atoms with Gasteiger partial charge in [-0.25, -0.2) is 0 Å². The lowest BCUT2D eigenvalue weighted by molar-refractivity contribution is 0.202. The van der Waals surface area contributed by atoms with Crippen LogP contribution in [0.4, 0.5) is 5.69 Å². The third-order valence-corrected chi connectivity index (χ3v) is 3.39. The van der Waals surface area contributed by atoms with Crippen LogP contribution in [-0.4, -0.2) is 13.7 Å². The first kappa shape index (κ1) is 14.1. The number of anilines is 1. The Morgan fingerprint density at radius 3 is 2.47 bits per heavy atom. The molecule has 2 rings (SSSR count). The van der Waals surface area contributed by atoms with Gasteiger partial charge in [-0.3, -0.25) is 0 Å². The van der Waals surface area contributed by atoms with Gasteiger partial charge in [-0.1, -0.05) is 12.1 Å². The summed E-state index contributed by atoms with van der Waals surface area (Å²) >= 11 is 2.22. The molecule has 0 saturated carbocycles. The van der Waals surface area contributed by atoms with Crippen LogP contribution >= 0.6 is 22.6 Å². The predicted octanol–water partition coefficient (Wildman–Crippen LogP) is 3.85. The van der Waals surface area contributed by atoms with Crippen LogP contribution in [0.15, 0.2) is 42.5 Å². The Hall–Kier alpha value is -1.27. The number of nitrogens with two attached hydrogens (primary N) is 1. The first-order valence-corrected chi connectivity index (χ1v) is 7.07. The van der Waals surface area contributed by atoms with Gasteiger partial charge in [0.1, 0.15) is 11.5 Å². The van der Waals surface area contributed by atoms with Crippen molar-refractivity contribution in [1.29, 1.82) is 0 Å². The highest BCUT2D eigenvalue weighted by Crippen LogP contribution is 2.28. The Bertz CT molecular complexity index is 540. The molecule has 2 aromatic rings. The third-order valence-electron chi connectivity index (χ3n) is 2.72. The van der Waals surface area contributed by atoms with E-state index in [1.165, 1.54) is 5.56 Å². The Morgan fingerprint density at radius 1 is 1.11 bits per heavy atom. The molecular formula is C15H16INO2. The number of benzene rings is 2. The molecule has 0 fully saturated rings. The quantitative estimate of drug-likeness (QED) is 0.643. The summed E-state index contributed by atoms with van der Waals surface area (Å²) in [4.78, 5) is 0. The van der Waals surface area contributed by atoms with E-state index in [9.17, 15) is 0 Å². The van der Waals surface area contributed by atoms with Crippen molar-refractivity contribution in [2.24, 2.45) is 0 Å². The third kappa shape index (κ3) is 4.11. The van der Waals surface area contributed by atoms with Gasteiger partial charge in [0.15, 0.2) is 0 Å². The molecule has 19 heavy (non-hydrogen) atoms. The van der Waals surface area contributed by atoms with Gasteiger partial charge in [0.05, 0.1) is 12.3 Å². The molecule has 0 bridgehead atoms. The van der Waals surface area contributed by atoms with E-state index >= 15 is 0 Å². The fourth-order valence-electron chi connectivity index (χ4n) is 1.68. The van der Waals surface area contributed by atoms with Crippen LogP contribution in [0.3, 0.4) is 0 Å². The number of rotatable bonds is 5. The van der Waals surface area contributed by atoms with Crippen molar-refractivity contribution in [2.75, 3.05) is 19.5 Å². The van der Waals surface area contributed by atoms with E-state index in [-0.39, 0.29) is 0 Å². The molecule has 0 unspecified atom stereocenters. The van der Waals surface area contributed by atoms with Gasteiger partial charge in [-0.05, 0) is 64.9 Å². The lowest BCUT2D eigenvalue weighted by atomic mass is 10.1. The highest BCUT2D eigenvalue weighted by molar-refractivity contribution is 14.1. The molecule has 3 nitrogen and oxygen atoms in total. The molecule has 2 aromatic carbocycles. The second-order valence-corrected chi connectivity index (χ2v) is 5.42.